The summed E-state index contributed by atoms with van der Waals surface area (Å²) in [5, 5.41) is 11.6. The lowest BCUT2D eigenvalue weighted by molar-refractivity contribution is -0.137. The average Bonchev–Trinajstić information content (AvgIpc) is 3.49. The number of benzene rings is 1. The number of carbonyl (C=O) groups is 1. The Labute approximate surface area is 205 Å². The molecule has 0 aliphatic carbocycles. The molecule has 1 N–H and O–H groups in total. The number of nitrogens with zero attached hydrogens (tertiary/aromatic N) is 6. The van der Waals surface area contributed by atoms with Crippen molar-refractivity contribution in [1.82, 2.24) is 29.6 Å². The molecule has 36 heavy (non-hydrogen) atoms. The van der Waals surface area contributed by atoms with Gasteiger partial charge < -0.3 is 15.1 Å². The molecule has 0 saturated carbocycles. The third-order valence-corrected chi connectivity index (χ3v) is 6.52. The predicted molar refractivity (Wildman–Crippen MR) is 130 cm³/mol. The van der Waals surface area contributed by atoms with Crippen LogP contribution in [0.15, 0.2) is 61.2 Å². The highest BCUT2D eigenvalue weighted by atomic mass is 19.4. The SMILES string of the molecule is C[C@@H](NC(=O)N1CCN(c2cnn3cc(-c4cnn(C)c4)ccc23)CC1)c1ccc(C(F)(F)F)cc1. The van der Waals surface area contributed by atoms with Gasteiger partial charge in [0.1, 0.15) is 0 Å². The van der Waals surface area contributed by atoms with Crippen molar-refractivity contribution in [2.45, 2.75) is 19.1 Å². The maximum Gasteiger partial charge on any atom is 0.416 e. The van der Waals surface area contributed by atoms with E-state index in [2.05, 4.69) is 20.4 Å². The summed E-state index contributed by atoms with van der Waals surface area (Å²) in [6.07, 6.45) is 3.20. The van der Waals surface area contributed by atoms with Gasteiger partial charge in [0.25, 0.3) is 0 Å². The summed E-state index contributed by atoms with van der Waals surface area (Å²) in [6.45, 7) is 4.10. The van der Waals surface area contributed by atoms with Crippen molar-refractivity contribution >= 4 is 17.2 Å². The smallest absolute Gasteiger partial charge is 0.365 e. The van der Waals surface area contributed by atoms with E-state index < -0.39 is 17.8 Å². The lowest BCUT2D eigenvalue weighted by Gasteiger charge is -2.36. The van der Waals surface area contributed by atoms with E-state index in [1.54, 1.807) is 16.5 Å². The molecule has 188 valence electrons. The zero-order valence-corrected chi connectivity index (χ0v) is 19.9. The minimum Gasteiger partial charge on any atom is -0.365 e. The van der Waals surface area contributed by atoms with Crippen LogP contribution >= 0.6 is 0 Å². The lowest BCUT2D eigenvalue weighted by Crippen LogP contribution is -2.52. The zero-order valence-electron chi connectivity index (χ0n) is 19.9. The van der Waals surface area contributed by atoms with Crippen molar-refractivity contribution in [2.75, 3.05) is 31.1 Å². The Balaban J connectivity index is 1.19. The van der Waals surface area contributed by atoms with E-state index in [0.717, 1.165) is 34.5 Å². The highest BCUT2D eigenvalue weighted by Gasteiger charge is 2.30. The quantitative estimate of drug-likeness (QED) is 0.455. The van der Waals surface area contributed by atoms with E-state index in [9.17, 15) is 18.0 Å². The van der Waals surface area contributed by atoms with Gasteiger partial charge in [0.15, 0.2) is 0 Å². The number of alkyl halides is 3. The molecule has 11 heteroatoms. The first-order valence-electron chi connectivity index (χ1n) is 11.6. The molecule has 1 fully saturated rings. The molecule has 4 aromatic rings. The van der Waals surface area contributed by atoms with Crippen LogP contribution in [-0.4, -0.2) is 56.5 Å². The second-order valence-corrected chi connectivity index (χ2v) is 8.95. The molecule has 1 aliphatic heterocycles. The first-order valence-corrected chi connectivity index (χ1v) is 11.6. The molecule has 2 amide bonds. The van der Waals surface area contributed by atoms with Gasteiger partial charge in [-0.1, -0.05) is 18.2 Å². The van der Waals surface area contributed by atoms with Crippen molar-refractivity contribution in [3.8, 4) is 11.1 Å². The summed E-state index contributed by atoms with van der Waals surface area (Å²) >= 11 is 0. The molecule has 4 heterocycles. The van der Waals surface area contributed by atoms with E-state index in [1.807, 2.05) is 48.5 Å². The zero-order chi connectivity index (χ0) is 25.4. The molecule has 8 nitrogen and oxygen atoms in total. The molecule has 1 aromatic carbocycles. The highest BCUT2D eigenvalue weighted by molar-refractivity contribution is 5.77. The Hall–Kier alpha value is -4.02. The molecule has 0 radical (unpaired) electrons. The van der Waals surface area contributed by atoms with E-state index in [0.29, 0.717) is 31.7 Å². The standard InChI is InChI=1S/C25H26F3N7O/c1-17(18-3-6-21(7-4-18)25(26,27)28)31-24(36)34-11-9-33(10-12-34)23-14-30-35-16-19(5-8-22(23)35)20-13-29-32(2)15-20/h3-8,13-17H,9-12H2,1-2H3,(H,31,36)/t17-/m1/s1. The number of anilines is 1. The Morgan fingerprint density at radius 2 is 1.67 bits per heavy atom. The van der Waals surface area contributed by atoms with Crippen LogP contribution in [0.3, 0.4) is 0 Å². The number of fused-ring (bicyclic) bond motifs is 1. The van der Waals surface area contributed by atoms with Crippen LogP contribution in [0.4, 0.5) is 23.7 Å². The number of aryl methyl sites for hydroxylation is 1. The molecule has 0 unspecified atom stereocenters. The Bertz CT molecular complexity index is 1370. The number of hydrogen-bond donors (Lipinski definition) is 1. The van der Waals surface area contributed by atoms with Crippen LogP contribution in [0.5, 0.6) is 0 Å². The number of rotatable bonds is 4. The molecule has 0 bridgehead atoms. The molecule has 0 spiro atoms. The molecule has 1 atom stereocenters. The summed E-state index contributed by atoms with van der Waals surface area (Å²) < 4.78 is 42.0. The number of nitrogens with one attached hydrogen (secondary N) is 1. The normalized spacial score (nSPS) is 15.4. The van der Waals surface area contributed by atoms with Crippen LogP contribution in [0.25, 0.3) is 16.6 Å². The van der Waals surface area contributed by atoms with Gasteiger partial charge in [-0.25, -0.2) is 9.31 Å². The fourth-order valence-corrected chi connectivity index (χ4v) is 4.43. The number of piperazine rings is 1. The van der Waals surface area contributed by atoms with Crippen molar-refractivity contribution in [3.63, 3.8) is 0 Å². The number of halogens is 3. The second kappa shape index (κ2) is 9.21. The molecule has 1 saturated heterocycles. The largest absolute Gasteiger partial charge is 0.416 e. The van der Waals surface area contributed by atoms with Crippen molar-refractivity contribution < 1.29 is 18.0 Å². The number of aromatic nitrogens is 4. The van der Waals surface area contributed by atoms with E-state index in [1.165, 1.54) is 12.1 Å². The number of hydrogen-bond acceptors (Lipinski definition) is 4. The van der Waals surface area contributed by atoms with Crippen LogP contribution in [0, 0.1) is 0 Å². The van der Waals surface area contributed by atoms with Crippen LogP contribution in [0.1, 0.15) is 24.1 Å². The Morgan fingerprint density at radius 3 is 2.31 bits per heavy atom. The average molecular weight is 498 g/mol. The number of pyridine rings is 1. The first kappa shape index (κ1) is 23.7. The molecular weight excluding hydrogens is 471 g/mol. The summed E-state index contributed by atoms with van der Waals surface area (Å²) in [7, 11) is 1.88. The summed E-state index contributed by atoms with van der Waals surface area (Å²) in [6, 6.07) is 8.31. The lowest BCUT2D eigenvalue weighted by atomic mass is 10.1. The monoisotopic (exact) mass is 497 g/mol. The van der Waals surface area contributed by atoms with Crippen LogP contribution < -0.4 is 10.2 Å². The van der Waals surface area contributed by atoms with Gasteiger partial charge in [-0.15, -0.1) is 0 Å². The summed E-state index contributed by atoms with van der Waals surface area (Å²) in [5.74, 6) is 0. The van der Waals surface area contributed by atoms with Gasteiger partial charge in [-0.3, -0.25) is 4.68 Å². The third kappa shape index (κ3) is 4.73. The van der Waals surface area contributed by atoms with Crippen molar-refractivity contribution in [2.24, 2.45) is 7.05 Å². The van der Waals surface area contributed by atoms with Gasteiger partial charge >= 0.3 is 12.2 Å². The number of urea groups is 1. The maximum atomic E-state index is 12.8. The Kier molecular flexibility index (Phi) is 6.07. The third-order valence-electron chi connectivity index (χ3n) is 6.52. The predicted octanol–water partition coefficient (Wildman–Crippen LogP) is 4.35. The van der Waals surface area contributed by atoms with Gasteiger partial charge in [-0.05, 0) is 30.7 Å². The van der Waals surface area contributed by atoms with Gasteiger partial charge in [0.2, 0.25) is 0 Å². The Morgan fingerprint density at radius 1 is 0.944 bits per heavy atom. The van der Waals surface area contributed by atoms with Crippen LogP contribution in [0.2, 0.25) is 0 Å². The van der Waals surface area contributed by atoms with Gasteiger partial charge in [-0.2, -0.15) is 23.4 Å². The van der Waals surface area contributed by atoms with Crippen LogP contribution in [-0.2, 0) is 13.2 Å². The topological polar surface area (TPSA) is 70.7 Å². The second-order valence-electron chi connectivity index (χ2n) is 8.95. The first-order chi connectivity index (χ1) is 17.2. The maximum absolute atomic E-state index is 12.8. The number of amides is 2. The summed E-state index contributed by atoms with van der Waals surface area (Å²) in [5.41, 5.74) is 3.94. The molecule has 3 aromatic heterocycles. The minimum absolute atomic E-state index is 0.233. The molecule has 5 rings (SSSR count). The number of carbonyl (C=O) groups excluding carboxylic acids is 1. The highest BCUT2D eigenvalue weighted by Crippen LogP contribution is 2.30. The van der Waals surface area contributed by atoms with Gasteiger partial charge in [0.05, 0.1) is 35.2 Å². The fraction of sp³-hybridized carbons (Fsp3) is 0.320. The summed E-state index contributed by atoms with van der Waals surface area (Å²) in [4.78, 5) is 16.7. The van der Waals surface area contributed by atoms with Crippen molar-refractivity contribution in [3.05, 3.63) is 72.3 Å². The van der Waals surface area contributed by atoms with E-state index >= 15 is 0 Å². The van der Waals surface area contributed by atoms with E-state index in [-0.39, 0.29) is 6.03 Å². The van der Waals surface area contributed by atoms with Crippen molar-refractivity contribution in [1.29, 1.82) is 0 Å². The fourth-order valence-electron chi connectivity index (χ4n) is 4.43. The molecule has 1 aliphatic rings. The molecular formula is C25H26F3N7O. The minimum atomic E-state index is -4.38. The van der Waals surface area contributed by atoms with Gasteiger partial charge in [0, 0.05) is 56.7 Å². The van der Waals surface area contributed by atoms with E-state index in [4.69, 9.17) is 0 Å².